The van der Waals surface area contributed by atoms with E-state index in [0.29, 0.717) is 48.7 Å². The first-order valence-corrected chi connectivity index (χ1v) is 12.9. The molecule has 0 spiro atoms. The molecule has 2 aromatic carbocycles. The number of morpholine rings is 1. The first-order chi connectivity index (χ1) is 18.6. The SMILES string of the molecule is O=C(CSC1=N/C(=C/c2ccc3c(c2)OCO3)C(=O)N1c1ccccc1)Nc1c[n+](N2CCOCC2)no1. The zero-order valence-electron chi connectivity index (χ0n) is 20.1. The van der Waals surface area contributed by atoms with E-state index in [9.17, 15) is 9.59 Å². The van der Waals surface area contributed by atoms with Crippen LogP contribution in [0.5, 0.6) is 11.5 Å². The van der Waals surface area contributed by atoms with E-state index in [0.717, 1.165) is 17.3 Å². The number of rotatable bonds is 6. The van der Waals surface area contributed by atoms with Gasteiger partial charge in [0.15, 0.2) is 16.7 Å². The van der Waals surface area contributed by atoms with Crippen molar-refractivity contribution in [2.75, 3.05) is 54.1 Å². The third-order valence-corrected chi connectivity index (χ3v) is 6.81. The molecule has 1 fully saturated rings. The fourth-order valence-corrected chi connectivity index (χ4v) is 4.86. The second kappa shape index (κ2) is 10.6. The number of benzene rings is 2. The lowest BCUT2D eigenvalue weighted by Gasteiger charge is -2.18. The Balaban J connectivity index is 1.17. The van der Waals surface area contributed by atoms with Crippen molar-refractivity contribution < 1.29 is 33.1 Å². The van der Waals surface area contributed by atoms with Gasteiger partial charge in [0.2, 0.25) is 18.0 Å². The van der Waals surface area contributed by atoms with Crippen LogP contribution in [0.1, 0.15) is 5.56 Å². The van der Waals surface area contributed by atoms with Crippen LogP contribution in [0, 0.1) is 0 Å². The molecule has 0 saturated carbocycles. The number of carbonyl (C=O) groups is 2. The summed E-state index contributed by atoms with van der Waals surface area (Å²) in [6, 6.07) is 14.6. The number of amides is 2. The monoisotopic (exact) mass is 535 g/mol. The minimum atomic E-state index is -0.323. The Hall–Kier alpha value is -4.36. The second-order valence-electron chi connectivity index (χ2n) is 8.40. The molecule has 3 aromatic rings. The predicted octanol–water partition coefficient (Wildman–Crippen LogP) is 1.77. The molecular formula is C25H23N6O6S+. The Kier molecular flexibility index (Phi) is 6.67. The normalized spacial score (nSPS) is 17.7. The number of nitrogens with zero attached hydrogens (tertiary/aromatic N) is 5. The molecule has 4 heterocycles. The molecule has 1 saturated heterocycles. The molecule has 0 unspecified atom stereocenters. The van der Waals surface area contributed by atoms with Crippen molar-refractivity contribution in [3.8, 4) is 11.5 Å². The van der Waals surface area contributed by atoms with Gasteiger partial charge >= 0.3 is 5.88 Å². The Morgan fingerprint density at radius 3 is 2.76 bits per heavy atom. The molecule has 0 aliphatic carbocycles. The molecule has 1 N–H and O–H groups in total. The van der Waals surface area contributed by atoms with Gasteiger partial charge in [0.1, 0.15) is 5.70 Å². The van der Waals surface area contributed by atoms with Crippen molar-refractivity contribution in [3.05, 3.63) is 66.0 Å². The Labute approximate surface area is 221 Å². The van der Waals surface area contributed by atoms with Crippen LogP contribution in [0.4, 0.5) is 11.6 Å². The zero-order chi connectivity index (χ0) is 25.9. The van der Waals surface area contributed by atoms with Crippen LogP contribution in [0.3, 0.4) is 0 Å². The number of carbonyl (C=O) groups excluding carboxylic acids is 2. The van der Waals surface area contributed by atoms with Gasteiger partial charge in [0.25, 0.3) is 12.1 Å². The van der Waals surface area contributed by atoms with E-state index in [1.807, 2.05) is 41.4 Å². The van der Waals surface area contributed by atoms with E-state index in [-0.39, 0.29) is 35.9 Å². The maximum atomic E-state index is 13.4. The van der Waals surface area contributed by atoms with Crippen molar-refractivity contribution in [1.29, 1.82) is 0 Å². The molecule has 12 nitrogen and oxygen atoms in total. The van der Waals surface area contributed by atoms with Gasteiger partial charge in [-0.3, -0.25) is 24.3 Å². The summed E-state index contributed by atoms with van der Waals surface area (Å²) < 4.78 is 21.4. The largest absolute Gasteiger partial charge is 0.454 e. The van der Waals surface area contributed by atoms with Crippen molar-refractivity contribution in [2.45, 2.75) is 0 Å². The summed E-state index contributed by atoms with van der Waals surface area (Å²) in [4.78, 5) is 33.7. The maximum Gasteiger partial charge on any atom is 0.305 e. The van der Waals surface area contributed by atoms with Gasteiger partial charge < -0.3 is 14.2 Å². The van der Waals surface area contributed by atoms with E-state index in [1.54, 1.807) is 29.2 Å². The van der Waals surface area contributed by atoms with E-state index >= 15 is 0 Å². The molecule has 3 aliphatic rings. The van der Waals surface area contributed by atoms with Crippen molar-refractivity contribution in [3.63, 3.8) is 0 Å². The fraction of sp³-hybridized carbons (Fsp3) is 0.240. The first kappa shape index (κ1) is 24.0. The number of aliphatic imine (C=N–C) groups is 1. The summed E-state index contributed by atoms with van der Waals surface area (Å²) in [5, 5.41) is 8.99. The number of nitrogens with one attached hydrogen (secondary N) is 1. The van der Waals surface area contributed by atoms with E-state index in [1.165, 1.54) is 4.90 Å². The minimum absolute atomic E-state index is 0.00497. The highest BCUT2D eigenvalue weighted by Crippen LogP contribution is 2.34. The third kappa shape index (κ3) is 5.06. The van der Waals surface area contributed by atoms with Crippen molar-refractivity contribution >= 4 is 46.4 Å². The fourth-order valence-electron chi connectivity index (χ4n) is 4.05. The highest BCUT2D eigenvalue weighted by molar-refractivity contribution is 8.14. The third-order valence-electron chi connectivity index (χ3n) is 5.87. The van der Waals surface area contributed by atoms with Crippen LogP contribution in [-0.4, -0.2) is 61.1 Å². The molecular weight excluding hydrogens is 512 g/mol. The quantitative estimate of drug-likeness (QED) is 0.372. The molecule has 2 amide bonds. The molecule has 38 heavy (non-hydrogen) atoms. The number of hydrogen-bond donors (Lipinski definition) is 1. The lowest BCUT2D eigenvalue weighted by Crippen LogP contribution is -2.62. The summed E-state index contributed by atoms with van der Waals surface area (Å²) in [5.74, 6) is 0.876. The molecule has 6 rings (SSSR count). The Bertz CT molecular complexity index is 1420. The number of aromatic nitrogens is 2. The standard InChI is InChI=1S/C25H22N6O6S/c32-22(27-23-14-30(28-37-23)29-8-10-34-11-9-29)15-38-25-26-19(24(33)31(25)18-4-2-1-3-5-18)12-17-6-7-20-21(13-17)36-16-35-20/h1-7,12-14H,8-11,15-16H2/p+1/b19-12+. The van der Waals surface area contributed by atoms with Gasteiger partial charge in [-0.2, -0.15) is 0 Å². The van der Waals surface area contributed by atoms with Gasteiger partial charge in [-0.15, -0.1) is 5.01 Å². The number of fused-ring (bicyclic) bond motifs is 1. The number of ether oxygens (including phenoxy) is 3. The molecule has 0 radical (unpaired) electrons. The van der Waals surface area contributed by atoms with Gasteiger partial charge in [-0.1, -0.05) is 36.0 Å². The van der Waals surface area contributed by atoms with Gasteiger partial charge in [-0.25, -0.2) is 4.99 Å². The maximum absolute atomic E-state index is 13.4. The molecule has 1 aromatic heterocycles. The highest BCUT2D eigenvalue weighted by Gasteiger charge is 2.33. The summed E-state index contributed by atoms with van der Waals surface area (Å²) >= 11 is 1.15. The van der Waals surface area contributed by atoms with Crippen LogP contribution in [0.15, 0.2) is 69.9 Å². The number of anilines is 2. The smallest absolute Gasteiger partial charge is 0.305 e. The molecule has 13 heteroatoms. The lowest BCUT2D eigenvalue weighted by molar-refractivity contribution is -0.759. The minimum Gasteiger partial charge on any atom is -0.454 e. The van der Waals surface area contributed by atoms with Crippen LogP contribution in [0.2, 0.25) is 0 Å². The molecule has 194 valence electrons. The van der Waals surface area contributed by atoms with Gasteiger partial charge in [0.05, 0.1) is 42.5 Å². The summed E-state index contributed by atoms with van der Waals surface area (Å²) in [6.07, 6.45) is 3.29. The second-order valence-corrected chi connectivity index (χ2v) is 9.34. The summed E-state index contributed by atoms with van der Waals surface area (Å²) in [7, 11) is 0. The van der Waals surface area contributed by atoms with E-state index < -0.39 is 0 Å². The Morgan fingerprint density at radius 2 is 1.92 bits per heavy atom. The summed E-state index contributed by atoms with van der Waals surface area (Å²) in [5.41, 5.74) is 1.65. The number of hydrogen-bond acceptors (Lipinski definition) is 10. The molecule has 0 bridgehead atoms. The number of para-hydroxylation sites is 1. The number of thioether (sulfide) groups is 1. The van der Waals surface area contributed by atoms with Crippen LogP contribution in [0.25, 0.3) is 6.08 Å². The Morgan fingerprint density at radius 1 is 1.11 bits per heavy atom. The topological polar surface area (TPSA) is 123 Å². The van der Waals surface area contributed by atoms with Crippen LogP contribution >= 0.6 is 11.8 Å². The first-order valence-electron chi connectivity index (χ1n) is 11.9. The lowest BCUT2D eigenvalue weighted by atomic mass is 10.1. The van der Waals surface area contributed by atoms with Gasteiger partial charge in [0, 0.05) is 0 Å². The zero-order valence-corrected chi connectivity index (χ0v) is 20.9. The predicted molar refractivity (Wildman–Crippen MR) is 138 cm³/mol. The summed E-state index contributed by atoms with van der Waals surface area (Å²) in [6.45, 7) is 2.71. The van der Waals surface area contributed by atoms with E-state index in [4.69, 9.17) is 18.7 Å². The highest BCUT2D eigenvalue weighted by atomic mass is 32.2. The van der Waals surface area contributed by atoms with Crippen LogP contribution in [-0.2, 0) is 14.3 Å². The average molecular weight is 536 g/mol. The van der Waals surface area contributed by atoms with Crippen molar-refractivity contribution in [1.82, 2.24) is 5.27 Å². The van der Waals surface area contributed by atoms with E-state index in [2.05, 4.69) is 15.6 Å². The van der Waals surface area contributed by atoms with Gasteiger partial charge in [-0.05, 0) is 35.9 Å². The molecule has 0 atom stereocenters. The van der Waals surface area contributed by atoms with Crippen LogP contribution < -0.4 is 29.5 Å². The van der Waals surface area contributed by atoms with Crippen molar-refractivity contribution in [2.24, 2.45) is 4.99 Å². The molecule has 3 aliphatic heterocycles. The number of amidine groups is 1. The average Bonchev–Trinajstić information content (AvgIpc) is 3.68.